The summed E-state index contributed by atoms with van der Waals surface area (Å²) < 4.78 is 0. The number of hydrogen-bond acceptors (Lipinski definition) is 4. The molecule has 4 nitrogen and oxygen atoms in total. The van der Waals surface area contributed by atoms with Crippen LogP contribution >= 0.6 is 0 Å². The van der Waals surface area contributed by atoms with Crippen molar-refractivity contribution in [3.8, 4) is 0 Å². The largest absolute Gasteiger partial charge is 0.392 e. The molecule has 2 rings (SSSR count). The fourth-order valence-electron chi connectivity index (χ4n) is 3.28. The molecule has 0 radical (unpaired) electrons. The second-order valence-electron chi connectivity index (χ2n) is 6.69. The quantitative estimate of drug-likeness (QED) is 0.766. The zero-order chi connectivity index (χ0) is 15.1. The lowest BCUT2D eigenvalue weighted by Crippen LogP contribution is -2.26. The van der Waals surface area contributed by atoms with E-state index in [9.17, 15) is 10.2 Å². The molecule has 5 unspecified atom stereocenters. The van der Waals surface area contributed by atoms with Crippen LogP contribution in [-0.2, 0) is 0 Å². The van der Waals surface area contributed by atoms with Crippen molar-refractivity contribution in [2.24, 2.45) is 21.8 Å². The summed E-state index contributed by atoms with van der Waals surface area (Å²) in [5.74, 6) is 0.459. The maximum Gasteiger partial charge on any atom is 0.0662 e. The van der Waals surface area contributed by atoms with Gasteiger partial charge in [0.05, 0.1) is 24.8 Å². The Kier molecular flexibility index (Phi) is 6.84. The molecule has 2 fully saturated rings. The Labute approximate surface area is 128 Å². The number of hydrogen-bond donors (Lipinski definition) is 2. The summed E-state index contributed by atoms with van der Waals surface area (Å²) in [6, 6.07) is 0.149. The summed E-state index contributed by atoms with van der Waals surface area (Å²) in [5, 5.41) is 19.8. The Bertz CT molecular complexity index is 357. The molecule has 0 bridgehead atoms. The van der Waals surface area contributed by atoms with Crippen LogP contribution in [0.15, 0.2) is 9.98 Å². The predicted molar refractivity (Wildman–Crippen MR) is 87.2 cm³/mol. The molecule has 0 aromatic heterocycles. The molecule has 0 spiro atoms. The third-order valence-corrected chi connectivity index (χ3v) is 4.76. The van der Waals surface area contributed by atoms with Crippen molar-refractivity contribution in [1.29, 1.82) is 0 Å². The molecule has 2 saturated carbocycles. The first-order valence-electron chi connectivity index (χ1n) is 8.56. The Balaban J connectivity index is 1.72. The van der Waals surface area contributed by atoms with Crippen LogP contribution in [0.3, 0.4) is 0 Å². The van der Waals surface area contributed by atoms with Crippen molar-refractivity contribution in [2.45, 2.75) is 76.5 Å². The standard InChI is InChI=1S/C17H30N2O2/c1-13(19-12-15-7-3-5-9-17(15)21)10-18-11-14-6-2-4-8-16(14)20/h11-17,20-21H,2-10H2,1H3. The SMILES string of the molecule is CC(CN=CC1CCCCC1O)N=CC1CCCCC1O. The second kappa shape index (κ2) is 8.64. The molecule has 0 saturated heterocycles. The fourth-order valence-corrected chi connectivity index (χ4v) is 3.28. The van der Waals surface area contributed by atoms with Crippen LogP contribution in [0.2, 0.25) is 0 Å². The number of aliphatic imine (C=N–C) groups is 2. The molecular formula is C17H30N2O2. The predicted octanol–water partition coefficient (Wildman–Crippen LogP) is 2.62. The van der Waals surface area contributed by atoms with E-state index in [1.807, 2.05) is 12.4 Å². The summed E-state index contributed by atoms with van der Waals surface area (Å²) in [7, 11) is 0. The molecular weight excluding hydrogens is 264 g/mol. The van der Waals surface area contributed by atoms with Crippen LogP contribution in [-0.4, -0.2) is 47.4 Å². The van der Waals surface area contributed by atoms with Gasteiger partial charge in [0.15, 0.2) is 0 Å². The molecule has 2 aliphatic carbocycles. The fraction of sp³-hybridized carbons (Fsp3) is 0.882. The van der Waals surface area contributed by atoms with Gasteiger partial charge in [0, 0.05) is 24.3 Å². The van der Waals surface area contributed by atoms with Gasteiger partial charge in [-0.1, -0.05) is 25.7 Å². The summed E-state index contributed by atoms with van der Waals surface area (Å²) in [5.41, 5.74) is 0. The van der Waals surface area contributed by atoms with Gasteiger partial charge in [-0.15, -0.1) is 0 Å². The van der Waals surface area contributed by atoms with Crippen LogP contribution in [0.4, 0.5) is 0 Å². The molecule has 0 amide bonds. The maximum absolute atomic E-state index is 9.91. The number of nitrogens with zero attached hydrogens (tertiary/aromatic N) is 2. The van der Waals surface area contributed by atoms with Crippen LogP contribution in [0.25, 0.3) is 0 Å². The van der Waals surface area contributed by atoms with E-state index in [0.29, 0.717) is 6.54 Å². The summed E-state index contributed by atoms with van der Waals surface area (Å²) >= 11 is 0. The van der Waals surface area contributed by atoms with E-state index in [2.05, 4.69) is 16.9 Å². The van der Waals surface area contributed by atoms with Gasteiger partial charge in [-0.25, -0.2) is 0 Å². The van der Waals surface area contributed by atoms with Crippen molar-refractivity contribution >= 4 is 12.4 Å². The Morgan fingerprint density at radius 2 is 1.43 bits per heavy atom. The zero-order valence-electron chi connectivity index (χ0n) is 13.2. The van der Waals surface area contributed by atoms with E-state index in [1.165, 1.54) is 12.8 Å². The van der Waals surface area contributed by atoms with Crippen LogP contribution < -0.4 is 0 Å². The van der Waals surface area contributed by atoms with Gasteiger partial charge in [0.1, 0.15) is 0 Å². The number of rotatable bonds is 5. The summed E-state index contributed by atoms with van der Waals surface area (Å²) in [6.07, 6.45) is 12.0. The van der Waals surface area contributed by atoms with E-state index < -0.39 is 0 Å². The maximum atomic E-state index is 9.91. The van der Waals surface area contributed by atoms with Crippen LogP contribution in [0, 0.1) is 11.8 Å². The van der Waals surface area contributed by atoms with Crippen LogP contribution in [0.1, 0.15) is 58.3 Å². The Morgan fingerprint density at radius 1 is 0.905 bits per heavy atom. The molecule has 120 valence electrons. The minimum absolute atomic E-state index is 0.149. The first kappa shape index (κ1) is 16.6. The topological polar surface area (TPSA) is 65.2 Å². The van der Waals surface area contributed by atoms with Gasteiger partial charge in [-0.2, -0.15) is 0 Å². The molecule has 2 N–H and O–H groups in total. The zero-order valence-corrected chi connectivity index (χ0v) is 13.2. The van der Waals surface area contributed by atoms with Crippen LogP contribution in [0.5, 0.6) is 0 Å². The first-order valence-corrected chi connectivity index (χ1v) is 8.56. The smallest absolute Gasteiger partial charge is 0.0662 e. The minimum atomic E-state index is -0.212. The van der Waals surface area contributed by atoms with Gasteiger partial charge >= 0.3 is 0 Å². The van der Waals surface area contributed by atoms with E-state index in [1.54, 1.807) is 0 Å². The molecule has 0 heterocycles. The first-order chi connectivity index (χ1) is 10.2. The van der Waals surface area contributed by atoms with Gasteiger partial charge in [-0.05, 0) is 32.6 Å². The lowest BCUT2D eigenvalue weighted by molar-refractivity contribution is 0.103. The number of aliphatic hydroxyl groups is 2. The molecule has 21 heavy (non-hydrogen) atoms. The third-order valence-electron chi connectivity index (χ3n) is 4.76. The Hall–Kier alpha value is -0.740. The summed E-state index contributed by atoms with van der Waals surface area (Å²) in [6.45, 7) is 2.73. The molecule has 4 heteroatoms. The molecule has 5 atom stereocenters. The number of aliphatic hydroxyl groups excluding tert-OH is 2. The van der Waals surface area contributed by atoms with Crippen molar-refractivity contribution in [3.63, 3.8) is 0 Å². The second-order valence-corrected chi connectivity index (χ2v) is 6.69. The van der Waals surface area contributed by atoms with E-state index in [4.69, 9.17) is 0 Å². The average molecular weight is 294 g/mol. The van der Waals surface area contributed by atoms with E-state index >= 15 is 0 Å². The van der Waals surface area contributed by atoms with E-state index in [-0.39, 0.29) is 30.1 Å². The highest BCUT2D eigenvalue weighted by atomic mass is 16.3. The van der Waals surface area contributed by atoms with Crippen molar-refractivity contribution < 1.29 is 10.2 Å². The van der Waals surface area contributed by atoms with Gasteiger partial charge in [0.25, 0.3) is 0 Å². The highest BCUT2D eigenvalue weighted by Gasteiger charge is 2.22. The monoisotopic (exact) mass is 294 g/mol. The lowest BCUT2D eigenvalue weighted by atomic mass is 9.87. The van der Waals surface area contributed by atoms with Crippen molar-refractivity contribution in [3.05, 3.63) is 0 Å². The Morgan fingerprint density at radius 3 is 2.00 bits per heavy atom. The highest BCUT2D eigenvalue weighted by molar-refractivity contribution is 5.63. The van der Waals surface area contributed by atoms with Gasteiger partial charge < -0.3 is 10.2 Å². The lowest BCUT2D eigenvalue weighted by Gasteiger charge is -2.24. The van der Waals surface area contributed by atoms with Gasteiger partial charge in [-0.3, -0.25) is 9.98 Å². The molecule has 0 aromatic carbocycles. The normalized spacial score (nSPS) is 36.3. The molecule has 2 aliphatic rings. The average Bonchev–Trinajstić information content (AvgIpc) is 2.48. The molecule has 0 aliphatic heterocycles. The third kappa shape index (κ3) is 5.51. The van der Waals surface area contributed by atoms with E-state index in [0.717, 1.165) is 38.5 Å². The highest BCUT2D eigenvalue weighted by Crippen LogP contribution is 2.23. The molecule has 0 aromatic rings. The van der Waals surface area contributed by atoms with Crippen molar-refractivity contribution in [1.82, 2.24) is 0 Å². The van der Waals surface area contributed by atoms with Gasteiger partial charge in [0.2, 0.25) is 0 Å². The minimum Gasteiger partial charge on any atom is -0.392 e. The van der Waals surface area contributed by atoms with Crippen molar-refractivity contribution in [2.75, 3.05) is 6.54 Å². The summed E-state index contributed by atoms with van der Waals surface area (Å²) in [4.78, 5) is 9.01.